The van der Waals surface area contributed by atoms with Crippen molar-refractivity contribution in [1.29, 1.82) is 0 Å². The summed E-state index contributed by atoms with van der Waals surface area (Å²) < 4.78 is 0.956. The van der Waals surface area contributed by atoms with Gasteiger partial charge in [0.25, 0.3) is 0 Å². The first kappa shape index (κ1) is 25.8. The maximum absolute atomic E-state index is 10.9. The molecule has 2 N–H and O–H groups in total. The Morgan fingerprint density at radius 2 is 1.04 bits per heavy atom. The van der Waals surface area contributed by atoms with E-state index in [9.17, 15) is 9.59 Å². The van der Waals surface area contributed by atoms with Crippen LogP contribution in [0, 0.1) is 0 Å². The summed E-state index contributed by atoms with van der Waals surface area (Å²) in [6.07, 6.45) is 0. The molecule has 2 aromatic carbocycles. The highest BCUT2D eigenvalue weighted by molar-refractivity contribution is 9.93. The molecule has 0 saturated heterocycles. The summed E-state index contributed by atoms with van der Waals surface area (Å²) in [6.45, 7) is 6.78. The Balaban J connectivity index is 0.000000460. The lowest BCUT2D eigenvalue weighted by molar-refractivity contribution is -0.143. The molecule has 0 aliphatic carbocycles. The van der Waals surface area contributed by atoms with Crippen LogP contribution in [0.5, 0.6) is 0 Å². The van der Waals surface area contributed by atoms with Gasteiger partial charge in [-0.05, 0) is 51.0 Å². The molecule has 0 amide bonds. The Labute approximate surface area is 184 Å². The van der Waals surface area contributed by atoms with E-state index in [4.69, 9.17) is 10.2 Å². The number of carboxylic acid groups (broad SMARTS) is 2. The number of hydrogen-bond acceptors (Lipinski definition) is 2. The van der Waals surface area contributed by atoms with Gasteiger partial charge in [-0.2, -0.15) is 0 Å². The number of carbonyl (C=O) groups is 2. The second kappa shape index (κ2) is 11.6. The molecule has 0 radical (unpaired) electrons. The van der Waals surface area contributed by atoms with Crippen molar-refractivity contribution in [2.45, 2.75) is 38.5 Å². The average Bonchev–Trinajstić information content (AvgIpc) is 2.64. The van der Waals surface area contributed by atoms with Gasteiger partial charge in [0.05, 0.1) is 10.8 Å². The molecule has 2 aromatic rings. The molecule has 4 nitrogen and oxygen atoms in total. The van der Waals surface area contributed by atoms with Crippen LogP contribution in [-0.2, 0) is 20.4 Å². The van der Waals surface area contributed by atoms with E-state index in [1.807, 2.05) is 54.6 Å². The zero-order valence-electron chi connectivity index (χ0n) is 15.5. The zero-order valence-corrected chi connectivity index (χ0v) is 20.3. The van der Waals surface area contributed by atoms with Gasteiger partial charge < -0.3 is 10.2 Å². The summed E-state index contributed by atoms with van der Waals surface area (Å²) in [5.41, 5.74) is 0.0304. The van der Waals surface area contributed by atoms with Crippen LogP contribution in [0.1, 0.15) is 38.8 Å². The van der Waals surface area contributed by atoms with E-state index in [1.54, 1.807) is 27.7 Å². The van der Waals surface area contributed by atoms with Crippen LogP contribution in [0.15, 0.2) is 59.1 Å². The molecular formula is C20H23Br3O4. The molecule has 27 heavy (non-hydrogen) atoms. The third-order valence-corrected chi connectivity index (χ3v) is 4.66. The molecule has 0 aliphatic heterocycles. The van der Waals surface area contributed by atoms with Crippen molar-refractivity contribution in [2.24, 2.45) is 0 Å². The Hall–Kier alpha value is -1.18. The van der Waals surface area contributed by atoms with Crippen LogP contribution < -0.4 is 0 Å². The topological polar surface area (TPSA) is 74.6 Å². The van der Waals surface area contributed by atoms with Gasteiger partial charge in [-0.15, -0.1) is 0 Å². The second-order valence-corrected chi connectivity index (χ2v) is 7.65. The molecule has 0 unspecified atom stereocenters. The molecule has 148 valence electrons. The summed E-state index contributed by atoms with van der Waals surface area (Å²) in [4.78, 5) is 21.7. The minimum atomic E-state index is -0.819. The van der Waals surface area contributed by atoms with Gasteiger partial charge in [0, 0.05) is 32.7 Å². The van der Waals surface area contributed by atoms with Crippen molar-refractivity contribution < 1.29 is 19.8 Å². The summed E-state index contributed by atoms with van der Waals surface area (Å²) >= 11 is 8.80. The van der Waals surface area contributed by atoms with Crippen LogP contribution in [0.2, 0.25) is 0 Å². The molecule has 2 rings (SSSR count). The summed E-state index contributed by atoms with van der Waals surface area (Å²) in [6, 6.07) is 16.6. The van der Waals surface area contributed by atoms with E-state index in [2.05, 4.69) is 44.2 Å². The van der Waals surface area contributed by atoms with Gasteiger partial charge in [-0.25, -0.2) is 0 Å². The molecule has 0 fully saturated rings. The van der Waals surface area contributed by atoms with Crippen molar-refractivity contribution in [3.8, 4) is 0 Å². The van der Waals surface area contributed by atoms with Gasteiger partial charge in [0.1, 0.15) is 0 Å². The average molecular weight is 567 g/mol. The van der Waals surface area contributed by atoms with Gasteiger partial charge >= 0.3 is 11.9 Å². The van der Waals surface area contributed by atoms with Crippen molar-refractivity contribution >= 4 is 56.1 Å². The zero-order chi connectivity index (χ0) is 21.3. The third kappa shape index (κ3) is 7.76. The van der Waals surface area contributed by atoms with Crippen LogP contribution in [0.3, 0.4) is 0 Å². The third-order valence-electron chi connectivity index (χ3n) is 4.13. The van der Waals surface area contributed by atoms with Crippen molar-refractivity contribution in [3.05, 3.63) is 70.2 Å². The van der Waals surface area contributed by atoms with Crippen LogP contribution in [0.4, 0.5) is 0 Å². The van der Waals surface area contributed by atoms with Gasteiger partial charge in [0.2, 0.25) is 0 Å². The van der Waals surface area contributed by atoms with Crippen molar-refractivity contribution in [2.75, 3.05) is 0 Å². The van der Waals surface area contributed by atoms with Crippen LogP contribution >= 0.6 is 44.2 Å². The quantitative estimate of drug-likeness (QED) is 0.440. The predicted octanol–water partition coefficient (Wildman–Crippen LogP) is 6.55. The van der Waals surface area contributed by atoms with Gasteiger partial charge in [0.15, 0.2) is 0 Å². The normalized spacial score (nSPS) is 10.6. The minimum absolute atomic E-state index is 0.790. The lowest BCUT2D eigenvalue weighted by atomic mass is 9.85. The Kier molecular flexibility index (Phi) is 11.1. The minimum Gasteiger partial charge on any atom is -0.481 e. The first-order valence-corrected chi connectivity index (χ1v) is 12.4. The molecule has 0 aromatic heterocycles. The molecule has 0 spiro atoms. The molecule has 0 saturated carbocycles. The molecular weight excluding hydrogens is 544 g/mol. The smallest absolute Gasteiger partial charge is 0.313 e. The summed E-state index contributed by atoms with van der Waals surface area (Å²) in [7, 11) is 0. The predicted molar refractivity (Wildman–Crippen MR) is 120 cm³/mol. The van der Waals surface area contributed by atoms with Gasteiger partial charge in [-0.3, -0.25) is 9.59 Å². The SMILES string of the molecule is BrBr.CC(C)(C(=O)O)c1ccc(Br)cc1.CC(C)(C(=O)O)c1ccccc1. The molecule has 7 heteroatoms. The van der Waals surface area contributed by atoms with E-state index in [0.29, 0.717) is 0 Å². The van der Waals surface area contributed by atoms with Gasteiger partial charge in [-0.1, -0.05) is 58.4 Å². The summed E-state index contributed by atoms with van der Waals surface area (Å²) in [5, 5.41) is 17.8. The largest absolute Gasteiger partial charge is 0.481 e. The number of halogens is 3. The molecule has 0 atom stereocenters. The maximum Gasteiger partial charge on any atom is 0.313 e. The molecule has 0 aliphatic rings. The Bertz CT molecular complexity index is 727. The van der Waals surface area contributed by atoms with Crippen molar-refractivity contribution in [3.63, 3.8) is 0 Å². The lowest BCUT2D eigenvalue weighted by Crippen LogP contribution is -2.28. The first-order valence-electron chi connectivity index (χ1n) is 7.92. The monoisotopic (exact) mass is 564 g/mol. The van der Waals surface area contributed by atoms with E-state index in [1.165, 1.54) is 0 Å². The number of aliphatic carboxylic acids is 2. The number of rotatable bonds is 4. The van der Waals surface area contributed by atoms with E-state index >= 15 is 0 Å². The number of carboxylic acids is 2. The van der Waals surface area contributed by atoms with E-state index in [0.717, 1.165) is 15.6 Å². The van der Waals surface area contributed by atoms with Crippen LogP contribution in [-0.4, -0.2) is 22.2 Å². The highest BCUT2D eigenvalue weighted by Crippen LogP contribution is 2.25. The first-order chi connectivity index (χ1) is 12.5. The fourth-order valence-electron chi connectivity index (χ4n) is 1.97. The Morgan fingerprint density at radius 3 is 1.37 bits per heavy atom. The highest BCUT2D eigenvalue weighted by Gasteiger charge is 2.29. The lowest BCUT2D eigenvalue weighted by Gasteiger charge is -2.19. The number of hydrogen-bond donors (Lipinski definition) is 2. The molecule has 0 bridgehead atoms. The fraction of sp³-hybridized carbons (Fsp3) is 0.300. The van der Waals surface area contributed by atoms with E-state index in [-0.39, 0.29) is 0 Å². The maximum atomic E-state index is 10.9. The molecule has 0 heterocycles. The van der Waals surface area contributed by atoms with E-state index < -0.39 is 22.8 Å². The number of benzene rings is 2. The second-order valence-electron chi connectivity index (χ2n) is 6.73. The van der Waals surface area contributed by atoms with Crippen LogP contribution in [0.25, 0.3) is 0 Å². The highest BCUT2D eigenvalue weighted by atomic mass is 80.9. The Morgan fingerprint density at radius 1 is 0.704 bits per heavy atom. The standard InChI is InChI=1S/C10H11BrO2.C10H12O2.Br2/c1-10(2,9(12)13)7-3-5-8(11)6-4-7;1-10(2,9(11)12)8-6-4-3-5-7-8;1-2/h3-6H,1-2H3,(H,12,13);3-7H,1-2H3,(H,11,12);. The summed E-state index contributed by atoms with van der Waals surface area (Å²) in [5.74, 6) is -1.61. The fourth-order valence-corrected chi connectivity index (χ4v) is 2.23. The van der Waals surface area contributed by atoms with Crippen molar-refractivity contribution in [1.82, 2.24) is 0 Å².